The fraction of sp³-hybridized carbons (Fsp3) is 0.375. The molecule has 0 bridgehead atoms. The van der Waals surface area contributed by atoms with Gasteiger partial charge in [-0.2, -0.15) is 11.3 Å². The predicted molar refractivity (Wildman–Crippen MR) is 79.4 cm³/mol. The van der Waals surface area contributed by atoms with Crippen LogP contribution in [0.1, 0.15) is 17.0 Å². The Morgan fingerprint density at radius 3 is 2.68 bits per heavy atom. The summed E-state index contributed by atoms with van der Waals surface area (Å²) in [4.78, 5) is 2.46. The van der Waals surface area contributed by atoms with Gasteiger partial charge >= 0.3 is 0 Å². The van der Waals surface area contributed by atoms with Gasteiger partial charge in [0.25, 0.3) is 0 Å². The van der Waals surface area contributed by atoms with E-state index in [0.29, 0.717) is 11.8 Å². The zero-order valence-corrected chi connectivity index (χ0v) is 11.7. The van der Waals surface area contributed by atoms with Crippen LogP contribution in [0.4, 0.5) is 0 Å². The molecule has 0 amide bonds. The molecule has 1 aliphatic heterocycles. The van der Waals surface area contributed by atoms with E-state index in [1.54, 1.807) is 11.3 Å². The van der Waals surface area contributed by atoms with Crippen molar-refractivity contribution in [1.82, 2.24) is 4.90 Å². The number of hydrogen-bond donors (Lipinski definition) is 1. The van der Waals surface area contributed by atoms with Crippen molar-refractivity contribution in [2.45, 2.75) is 12.5 Å². The van der Waals surface area contributed by atoms with Gasteiger partial charge in [-0.25, -0.2) is 0 Å². The highest BCUT2D eigenvalue weighted by atomic mass is 32.1. The average molecular weight is 273 g/mol. The van der Waals surface area contributed by atoms with Crippen LogP contribution in [0.25, 0.3) is 0 Å². The Kier molecular flexibility index (Phi) is 3.97. The fourth-order valence-electron chi connectivity index (χ4n) is 2.98. The monoisotopic (exact) mass is 273 g/mol. The summed E-state index contributed by atoms with van der Waals surface area (Å²) in [7, 11) is 0. The highest BCUT2D eigenvalue weighted by Gasteiger charge is 2.33. The molecule has 1 aromatic carbocycles. The minimum absolute atomic E-state index is 0.284. The van der Waals surface area contributed by atoms with E-state index in [-0.39, 0.29) is 6.61 Å². The molecule has 1 N–H and O–H groups in total. The van der Waals surface area contributed by atoms with Crippen LogP contribution in [0, 0.1) is 5.92 Å². The van der Waals surface area contributed by atoms with Gasteiger partial charge in [-0.1, -0.05) is 30.3 Å². The Morgan fingerprint density at radius 2 is 2.00 bits per heavy atom. The lowest BCUT2D eigenvalue weighted by molar-refractivity contribution is 0.214. The molecule has 2 aromatic rings. The summed E-state index contributed by atoms with van der Waals surface area (Å²) in [5.74, 6) is 0.860. The molecule has 100 valence electrons. The maximum Gasteiger partial charge on any atom is 0.0477 e. The predicted octanol–water partition coefficient (Wildman–Crippen LogP) is 2.96. The third-order valence-corrected chi connectivity index (χ3v) is 4.67. The fourth-order valence-corrected chi connectivity index (χ4v) is 3.70. The second-order valence-corrected chi connectivity index (χ2v) is 6.07. The lowest BCUT2D eigenvalue weighted by Gasteiger charge is -2.15. The quantitative estimate of drug-likeness (QED) is 0.926. The number of rotatable bonds is 4. The minimum Gasteiger partial charge on any atom is -0.396 e. The van der Waals surface area contributed by atoms with Gasteiger partial charge in [0, 0.05) is 38.1 Å². The van der Waals surface area contributed by atoms with E-state index in [2.05, 4.69) is 52.1 Å². The minimum atomic E-state index is 0.284. The smallest absolute Gasteiger partial charge is 0.0477 e. The molecule has 0 spiro atoms. The van der Waals surface area contributed by atoms with Crippen molar-refractivity contribution < 1.29 is 5.11 Å². The first kappa shape index (κ1) is 12.9. The van der Waals surface area contributed by atoms with Gasteiger partial charge < -0.3 is 5.11 Å². The van der Waals surface area contributed by atoms with Crippen molar-refractivity contribution >= 4 is 11.3 Å². The Hall–Kier alpha value is -1.16. The molecule has 1 saturated heterocycles. The van der Waals surface area contributed by atoms with Gasteiger partial charge in [-0.05, 0) is 28.0 Å². The van der Waals surface area contributed by atoms with Crippen LogP contribution >= 0.6 is 11.3 Å². The average Bonchev–Trinajstić information content (AvgIpc) is 3.08. The van der Waals surface area contributed by atoms with Crippen LogP contribution in [0.2, 0.25) is 0 Å². The van der Waals surface area contributed by atoms with Crippen LogP contribution in [0.15, 0.2) is 47.2 Å². The summed E-state index contributed by atoms with van der Waals surface area (Å²) < 4.78 is 0. The third kappa shape index (κ3) is 2.89. The second-order valence-electron chi connectivity index (χ2n) is 5.29. The summed E-state index contributed by atoms with van der Waals surface area (Å²) in [5.41, 5.74) is 2.74. The second kappa shape index (κ2) is 5.87. The summed E-state index contributed by atoms with van der Waals surface area (Å²) in [6.45, 7) is 3.31. The van der Waals surface area contributed by atoms with Crippen LogP contribution < -0.4 is 0 Å². The molecule has 3 heteroatoms. The molecule has 0 radical (unpaired) electrons. The van der Waals surface area contributed by atoms with Crippen LogP contribution in [0.5, 0.6) is 0 Å². The Morgan fingerprint density at radius 1 is 1.16 bits per heavy atom. The first-order valence-electron chi connectivity index (χ1n) is 6.76. The molecule has 2 atom stereocenters. The highest BCUT2D eigenvalue weighted by molar-refractivity contribution is 7.07. The van der Waals surface area contributed by atoms with Crippen LogP contribution in [-0.2, 0) is 6.54 Å². The molecule has 0 aliphatic carbocycles. The van der Waals surface area contributed by atoms with E-state index in [1.165, 1.54) is 11.1 Å². The van der Waals surface area contributed by atoms with E-state index in [4.69, 9.17) is 0 Å². The maximum absolute atomic E-state index is 9.60. The van der Waals surface area contributed by atoms with Crippen molar-refractivity contribution in [2.24, 2.45) is 5.92 Å². The summed E-state index contributed by atoms with van der Waals surface area (Å²) in [6, 6.07) is 12.8. The van der Waals surface area contributed by atoms with Crippen molar-refractivity contribution in [3.8, 4) is 0 Å². The summed E-state index contributed by atoms with van der Waals surface area (Å²) in [6.07, 6.45) is 0. The first-order valence-corrected chi connectivity index (χ1v) is 7.70. The molecule has 3 rings (SSSR count). The molecule has 1 fully saturated rings. The van der Waals surface area contributed by atoms with Crippen LogP contribution in [0.3, 0.4) is 0 Å². The van der Waals surface area contributed by atoms with Crippen molar-refractivity contribution in [1.29, 1.82) is 0 Å². The first-order chi connectivity index (χ1) is 9.36. The standard InChI is InChI=1S/C16H19NOS/c18-11-15-9-17(8-13-4-2-1-3-5-13)10-16(15)14-6-7-19-12-14/h1-7,12,15-16,18H,8-11H2/t15-,16-/m0/s1. The van der Waals surface area contributed by atoms with Crippen LogP contribution in [-0.4, -0.2) is 29.7 Å². The number of aliphatic hydroxyl groups is 1. The van der Waals surface area contributed by atoms with Gasteiger partial charge in [-0.15, -0.1) is 0 Å². The van der Waals surface area contributed by atoms with Crippen molar-refractivity contribution in [3.05, 3.63) is 58.3 Å². The largest absolute Gasteiger partial charge is 0.396 e. The molecule has 0 saturated carbocycles. The number of benzene rings is 1. The highest BCUT2D eigenvalue weighted by Crippen LogP contribution is 2.34. The lowest BCUT2D eigenvalue weighted by Crippen LogP contribution is -2.20. The topological polar surface area (TPSA) is 23.5 Å². The van der Waals surface area contributed by atoms with E-state index in [1.807, 2.05) is 0 Å². The van der Waals surface area contributed by atoms with Gasteiger partial charge in [-0.3, -0.25) is 4.90 Å². The van der Waals surface area contributed by atoms with Gasteiger partial charge in [0.05, 0.1) is 0 Å². The lowest BCUT2D eigenvalue weighted by atomic mass is 9.92. The van der Waals surface area contributed by atoms with Crippen molar-refractivity contribution in [3.63, 3.8) is 0 Å². The SMILES string of the molecule is OC[C@@H]1CN(Cc2ccccc2)C[C@H]1c1ccsc1. The zero-order valence-electron chi connectivity index (χ0n) is 10.9. The third-order valence-electron chi connectivity index (χ3n) is 3.97. The van der Waals surface area contributed by atoms with E-state index >= 15 is 0 Å². The van der Waals surface area contributed by atoms with Gasteiger partial charge in [0.1, 0.15) is 0 Å². The molecular weight excluding hydrogens is 254 g/mol. The van der Waals surface area contributed by atoms with E-state index in [0.717, 1.165) is 19.6 Å². The van der Waals surface area contributed by atoms with E-state index in [9.17, 15) is 5.11 Å². The molecule has 2 heterocycles. The molecule has 0 unspecified atom stereocenters. The molecule has 1 aromatic heterocycles. The molecule has 1 aliphatic rings. The number of thiophene rings is 1. The molecule has 2 nitrogen and oxygen atoms in total. The van der Waals surface area contributed by atoms with Gasteiger partial charge in [0.15, 0.2) is 0 Å². The number of likely N-dealkylation sites (tertiary alicyclic amines) is 1. The Balaban J connectivity index is 1.70. The Labute approximate surface area is 118 Å². The molecular formula is C16H19NOS. The number of aliphatic hydroxyl groups excluding tert-OH is 1. The van der Waals surface area contributed by atoms with E-state index < -0.39 is 0 Å². The summed E-state index contributed by atoms with van der Waals surface area (Å²) in [5, 5.41) is 13.9. The normalized spacial score (nSPS) is 23.8. The Bertz CT molecular complexity index is 497. The summed E-state index contributed by atoms with van der Waals surface area (Å²) >= 11 is 1.74. The van der Waals surface area contributed by atoms with Crippen molar-refractivity contribution in [2.75, 3.05) is 19.7 Å². The van der Waals surface area contributed by atoms with Gasteiger partial charge in [0.2, 0.25) is 0 Å². The maximum atomic E-state index is 9.60. The number of nitrogens with zero attached hydrogens (tertiary/aromatic N) is 1. The zero-order chi connectivity index (χ0) is 13.1. The number of hydrogen-bond acceptors (Lipinski definition) is 3. The molecule has 19 heavy (non-hydrogen) atoms.